The fraction of sp³-hybridized carbons (Fsp3) is 0.696. The minimum Gasteiger partial charge on any atom is -0.493 e. The largest absolute Gasteiger partial charge is 0.493 e. The van der Waals surface area contributed by atoms with Crippen LogP contribution >= 0.6 is 0 Å². The highest BCUT2D eigenvalue weighted by Gasteiger charge is 2.11. The summed E-state index contributed by atoms with van der Waals surface area (Å²) >= 11 is 0. The van der Waals surface area contributed by atoms with Gasteiger partial charge in [-0.1, -0.05) is 6.07 Å². The molecule has 0 saturated heterocycles. The van der Waals surface area contributed by atoms with Crippen LogP contribution in [0.5, 0.6) is 17.2 Å². The number of ketones is 1. The van der Waals surface area contributed by atoms with E-state index >= 15 is 0 Å². The Morgan fingerprint density at radius 1 is 0.750 bits per heavy atom. The Bertz CT molecular complexity index is 591. The molecule has 0 bridgehead atoms. The minimum atomic E-state index is 0.134. The van der Waals surface area contributed by atoms with Crippen molar-refractivity contribution >= 4 is 5.78 Å². The highest BCUT2D eigenvalue weighted by molar-refractivity contribution is 5.75. The Hall–Kier alpha value is -1.91. The first-order valence-corrected chi connectivity index (χ1v) is 10.9. The molecule has 0 atom stereocenters. The van der Waals surface area contributed by atoms with Crippen LogP contribution in [0.4, 0.5) is 0 Å². The van der Waals surface area contributed by atoms with Crippen LogP contribution in [0, 0.1) is 0 Å². The predicted molar refractivity (Wildman–Crippen MR) is 121 cm³/mol. The lowest BCUT2D eigenvalue weighted by atomic mass is 10.3. The zero-order chi connectivity index (χ0) is 23.4. The normalized spacial score (nSPS) is 11.0. The predicted octanol–water partition coefficient (Wildman–Crippen LogP) is 2.06. The lowest BCUT2D eigenvalue weighted by Gasteiger charge is -2.22. The lowest BCUT2D eigenvalue weighted by molar-refractivity contribution is -0.118. The summed E-state index contributed by atoms with van der Waals surface area (Å²) in [5, 5.41) is 0. The number of para-hydroxylation sites is 1. The number of methoxy groups -OCH3 is 3. The number of carbonyl (C=O) groups excluding carboxylic acids is 1. The van der Waals surface area contributed by atoms with Gasteiger partial charge in [0.2, 0.25) is 5.75 Å². The molecule has 0 aliphatic rings. The van der Waals surface area contributed by atoms with Gasteiger partial charge >= 0.3 is 0 Å². The molecule has 0 fully saturated rings. The van der Waals surface area contributed by atoms with Gasteiger partial charge in [-0.05, 0) is 19.1 Å². The molecule has 0 saturated carbocycles. The highest BCUT2D eigenvalue weighted by atomic mass is 16.6. The average Bonchev–Trinajstić information content (AvgIpc) is 2.79. The van der Waals surface area contributed by atoms with Gasteiger partial charge in [-0.25, -0.2) is 0 Å². The third kappa shape index (κ3) is 12.8. The van der Waals surface area contributed by atoms with Crippen molar-refractivity contribution < 1.29 is 38.0 Å². The maximum Gasteiger partial charge on any atom is 0.203 e. The van der Waals surface area contributed by atoms with Gasteiger partial charge in [-0.15, -0.1) is 0 Å². The molecule has 0 heterocycles. The average molecular weight is 458 g/mol. The fourth-order valence-electron chi connectivity index (χ4n) is 2.74. The summed E-state index contributed by atoms with van der Waals surface area (Å²) < 4.78 is 38.3. The van der Waals surface area contributed by atoms with Crippen LogP contribution in [-0.2, 0) is 23.7 Å². The molecule has 9 nitrogen and oxygen atoms in total. The Morgan fingerprint density at radius 3 is 1.78 bits per heavy atom. The summed E-state index contributed by atoms with van der Waals surface area (Å²) in [6.07, 6.45) is 0.445. The summed E-state index contributed by atoms with van der Waals surface area (Å²) in [6.45, 7) is 7.94. The van der Waals surface area contributed by atoms with Gasteiger partial charge in [-0.3, -0.25) is 9.69 Å². The molecule has 0 amide bonds. The second kappa shape index (κ2) is 18.6. The maximum absolute atomic E-state index is 11.0. The second-order valence-corrected chi connectivity index (χ2v) is 6.96. The number of carbonyl (C=O) groups is 1. The van der Waals surface area contributed by atoms with Gasteiger partial charge in [0.1, 0.15) is 12.4 Å². The van der Waals surface area contributed by atoms with Crippen molar-refractivity contribution in [2.24, 2.45) is 0 Å². The first-order chi connectivity index (χ1) is 15.6. The van der Waals surface area contributed by atoms with Crippen LogP contribution in [0.15, 0.2) is 18.2 Å². The summed E-state index contributed by atoms with van der Waals surface area (Å²) in [4.78, 5) is 13.2. The monoisotopic (exact) mass is 457 g/mol. The molecule has 0 aliphatic carbocycles. The molecule has 0 radical (unpaired) electrons. The number of Topliss-reactive ketones (excluding diaryl/α,β-unsaturated/α-hetero) is 1. The van der Waals surface area contributed by atoms with Gasteiger partial charge < -0.3 is 33.2 Å². The number of hydrogen-bond acceptors (Lipinski definition) is 9. The SMILES string of the molecule is COCCOCCN(CCOCCOc1c(OC)cccc1OC)CCOCCC(C)=O. The molecule has 9 heteroatoms. The van der Waals surface area contributed by atoms with E-state index in [4.69, 9.17) is 33.2 Å². The van der Waals surface area contributed by atoms with E-state index in [0.717, 1.165) is 19.6 Å². The zero-order valence-corrected chi connectivity index (χ0v) is 19.9. The van der Waals surface area contributed by atoms with Crippen molar-refractivity contribution in [1.82, 2.24) is 4.90 Å². The standard InChI is InChI=1S/C23H39NO8/c1-20(25)8-12-29-13-9-24(10-14-30-17-16-26-2)11-15-31-18-19-32-23-21(27-3)6-5-7-22(23)28-4/h5-7H,8-19H2,1-4H3. The summed E-state index contributed by atoms with van der Waals surface area (Å²) in [6, 6.07) is 5.49. The molecule has 1 aromatic carbocycles. The Balaban J connectivity index is 2.31. The van der Waals surface area contributed by atoms with E-state index in [0.29, 0.717) is 76.5 Å². The van der Waals surface area contributed by atoms with Crippen molar-refractivity contribution in [1.29, 1.82) is 0 Å². The second-order valence-electron chi connectivity index (χ2n) is 6.96. The van der Waals surface area contributed by atoms with Crippen molar-refractivity contribution in [2.75, 3.05) is 93.8 Å². The first-order valence-electron chi connectivity index (χ1n) is 10.9. The molecule has 0 aliphatic heterocycles. The smallest absolute Gasteiger partial charge is 0.203 e. The number of nitrogens with zero attached hydrogens (tertiary/aromatic N) is 1. The molecule has 32 heavy (non-hydrogen) atoms. The van der Waals surface area contributed by atoms with Crippen LogP contribution in [0.2, 0.25) is 0 Å². The molecular formula is C23H39NO8. The molecular weight excluding hydrogens is 418 g/mol. The van der Waals surface area contributed by atoms with Crippen LogP contribution in [0.3, 0.4) is 0 Å². The van der Waals surface area contributed by atoms with E-state index in [9.17, 15) is 4.79 Å². The van der Waals surface area contributed by atoms with Gasteiger partial charge in [0.25, 0.3) is 0 Å². The third-order valence-electron chi connectivity index (χ3n) is 4.54. The van der Waals surface area contributed by atoms with E-state index in [1.807, 2.05) is 18.2 Å². The van der Waals surface area contributed by atoms with E-state index in [-0.39, 0.29) is 5.78 Å². The first kappa shape index (κ1) is 28.1. The maximum atomic E-state index is 11.0. The quantitative estimate of drug-likeness (QED) is 0.258. The van der Waals surface area contributed by atoms with Crippen molar-refractivity contribution in [3.63, 3.8) is 0 Å². The molecule has 184 valence electrons. The summed E-state index contributed by atoms with van der Waals surface area (Å²) in [5.41, 5.74) is 0. The van der Waals surface area contributed by atoms with Gasteiger partial charge in [0.05, 0.1) is 60.5 Å². The van der Waals surface area contributed by atoms with Crippen LogP contribution in [-0.4, -0.2) is 105 Å². The molecule has 0 aromatic heterocycles. The molecule has 0 N–H and O–H groups in total. The number of benzene rings is 1. The van der Waals surface area contributed by atoms with Crippen LogP contribution in [0.25, 0.3) is 0 Å². The van der Waals surface area contributed by atoms with Crippen LogP contribution < -0.4 is 14.2 Å². The van der Waals surface area contributed by atoms with Crippen molar-refractivity contribution in [3.8, 4) is 17.2 Å². The van der Waals surface area contributed by atoms with E-state index in [1.54, 1.807) is 28.3 Å². The van der Waals surface area contributed by atoms with Crippen LogP contribution in [0.1, 0.15) is 13.3 Å². The van der Waals surface area contributed by atoms with E-state index < -0.39 is 0 Å². The van der Waals surface area contributed by atoms with Crippen molar-refractivity contribution in [3.05, 3.63) is 18.2 Å². The van der Waals surface area contributed by atoms with Gasteiger partial charge in [0.15, 0.2) is 11.5 Å². The van der Waals surface area contributed by atoms with Gasteiger partial charge in [-0.2, -0.15) is 0 Å². The molecule has 0 spiro atoms. The topological polar surface area (TPSA) is 84.9 Å². The van der Waals surface area contributed by atoms with Crippen molar-refractivity contribution in [2.45, 2.75) is 13.3 Å². The minimum absolute atomic E-state index is 0.134. The number of rotatable bonds is 21. The molecule has 1 aromatic rings. The lowest BCUT2D eigenvalue weighted by Crippen LogP contribution is -2.34. The highest BCUT2D eigenvalue weighted by Crippen LogP contribution is 2.36. The molecule has 0 unspecified atom stereocenters. The fourth-order valence-corrected chi connectivity index (χ4v) is 2.74. The third-order valence-corrected chi connectivity index (χ3v) is 4.54. The Labute approximate surface area is 191 Å². The number of hydrogen-bond donors (Lipinski definition) is 0. The van der Waals surface area contributed by atoms with Gasteiger partial charge in [0, 0.05) is 33.2 Å². The Kier molecular flexibility index (Phi) is 16.4. The Morgan fingerprint density at radius 2 is 1.28 bits per heavy atom. The van der Waals surface area contributed by atoms with E-state index in [2.05, 4.69) is 4.90 Å². The zero-order valence-electron chi connectivity index (χ0n) is 19.9. The number of ether oxygens (including phenoxy) is 7. The van der Waals surface area contributed by atoms with E-state index in [1.165, 1.54) is 0 Å². The summed E-state index contributed by atoms with van der Waals surface area (Å²) in [7, 11) is 4.84. The summed E-state index contributed by atoms with van der Waals surface area (Å²) in [5.74, 6) is 1.94. The molecule has 1 rings (SSSR count).